The van der Waals surface area contributed by atoms with E-state index in [0.29, 0.717) is 23.2 Å². The molecule has 0 aliphatic heterocycles. The summed E-state index contributed by atoms with van der Waals surface area (Å²) in [4.78, 5) is 0. The smallest absolute Gasteiger partial charge is 0.146 e. The number of hydrogen-bond donors (Lipinski definition) is 1. The first kappa shape index (κ1) is 16.2. The van der Waals surface area contributed by atoms with Crippen LogP contribution in [0.15, 0.2) is 30.3 Å². The second kappa shape index (κ2) is 6.73. The van der Waals surface area contributed by atoms with Gasteiger partial charge in [-0.1, -0.05) is 42.3 Å². The van der Waals surface area contributed by atoms with E-state index >= 15 is 0 Å². The molecule has 1 N–H and O–H groups in total. The van der Waals surface area contributed by atoms with Gasteiger partial charge >= 0.3 is 0 Å². The van der Waals surface area contributed by atoms with Crippen LogP contribution in [0.4, 0.5) is 8.78 Å². The highest BCUT2D eigenvalue weighted by Gasteiger charge is 2.21. The zero-order valence-corrected chi connectivity index (χ0v) is 13.2. The lowest BCUT2D eigenvalue weighted by atomic mass is 9.96. The maximum Gasteiger partial charge on any atom is 0.146 e. The fourth-order valence-electron chi connectivity index (χ4n) is 2.24. The van der Waals surface area contributed by atoms with Crippen molar-refractivity contribution in [2.24, 2.45) is 0 Å². The Balaban J connectivity index is 2.59. The van der Waals surface area contributed by atoms with Gasteiger partial charge in [-0.25, -0.2) is 8.78 Å². The third kappa shape index (κ3) is 3.37. The molecule has 2 aromatic carbocycles. The Hall–Kier alpha value is -1.16. The van der Waals surface area contributed by atoms with Gasteiger partial charge in [0.25, 0.3) is 0 Å². The van der Waals surface area contributed by atoms with Gasteiger partial charge < -0.3 is 5.32 Å². The van der Waals surface area contributed by atoms with Crippen molar-refractivity contribution in [2.45, 2.75) is 19.9 Å². The average molecular weight is 330 g/mol. The van der Waals surface area contributed by atoms with Gasteiger partial charge in [-0.2, -0.15) is 0 Å². The number of benzene rings is 2. The summed E-state index contributed by atoms with van der Waals surface area (Å²) in [5, 5.41) is 3.47. The monoisotopic (exact) mass is 329 g/mol. The van der Waals surface area contributed by atoms with Crippen molar-refractivity contribution in [2.75, 3.05) is 6.54 Å². The predicted molar refractivity (Wildman–Crippen MR) is 83.1 cm³/mol. The van der Waals surface area contributed by atoms with Gasteiger partial charge in [0.2, 0.25) is 0 Å². The van der Waals surface area contributed by atoms with Gasteiger partial charge in [-0.05, 0) is 42.8 Å². The summed E-state index contributed by atoms with van der Waals surface area (Å²) < 4.78 is 27.8. The summed E-state index contributed by atoms with van der Waals surface area (Å²) in [6.07, 6.45) is 0. The third-order valence-electron chi connectivity index (χ3n) is 3.29. The van der Waals surface area contributed by atoms with Crippen molar-refractivity contribution in [3.05, 3.63) is 68.7 Å². The first-order valence-electron chi connectivity index (χ1n) is 6.58. The van der Waals surface area contributed by atoms with E-state index in [4.69, 9.17) is 23.2 Å². The molecule has 0 fully saturated rings. The minimum Gasteiger partial charge on any atom is -0.306 e. The molecule has 5 heteroatoms. The van der Waals surface area contributed by atoms with Crippen molar-refractivity contribution in [1.82, 2.24) is 5.32 Å². The predicted octanol–water partition coefficient (Wildman–Crippen LogP) is 5.28. The van der Waals surface area contributed by atoms with Crippen LogP contribution in [-0.4, -0.2) is 6.54 Å². The van der Waals surface area contributed by atoms with Crippen molar-refractivity contribution in [3.63, 3.8) is 0 Å². The maximum atomic E-state index is 14.3. The van der Waals surface area contributed by atoms with Crippen LogP contribution in [0, 0.1) is 18.6 Å². The standard InChI is InChI=1S/C16H15Cl2F2N/c1-3-21-16(10-5-4-6-12(17)15(10)20)11-7-9(2)14(19)8-13(11)18/h4-8,16,21H,3H2,1-2H3. The zero-order valence-electron chi connectivity index (χ0n) is 11.7. The molecule has 1 nitrogen and oxygen atoms in total. The summed E-state index contributed by atoms with van der Waals surface area (Å²) >= 11 is 12.0. The Labute approximate surface area is 132 Å². The molecule has 1 atom stereocenters. The van der Waals surface area contributed by atoms with Crippen molar-refractivity contribution < 1.29 is 8.78 Å². The normalized spacial score (nSPS) is 12.5. The number of halogens is 4. The summed E-state index contributed by atoms with van der Waals surface area (Å²) in [7, 11) is 0. The van der Waals surface area contributed by atoms with Crippen LogP contribution in [0.3, 0.4) is 0 Å². The van der Waals surface area contributed by atoms with Crippen LogP contribution >= 0.6 is 23.2 Å². The second-order valence-corrected chi connectivity index (χ2v) is 5.57. The van der Waals surface area contributed by atoms with Gasteiger partial charge in [0.1, 0.15) is 11.6 Å². The van der Waals surface area contributed by atoms with Crippen LogP contribution in [0.2, 0.25) is 10.0 Å². The van der Waals surface area contributed by atoms with E-state index in [9.17, 15) is 8.78 Å². The molecular weight excluding hydrogens is 315 g/mol. The Morgan fingerprint density at radius 1 is 1.10 bits per heavy atom. The van der Waals surface area contributed by atoms with Gasteiger partial charge in [0.15, 0.2) is 0 Å². The summed E-state index contributed by atoms with van der Waals surface area (Å²) in [5.41, 5.74) is 1.47. The Morgan fingerprint density at radius 2 is 1.81 bits per heavy atom. The van der Waals surface area contributed by atoms with E-state index in [2.05, 4.69) is 5.32 Å². The molecule has 21 heavy (non-hydrogen) atoms. The molecule has 0 amide bonds. The molecule has 2 rings (SSSR count). The lowest BCUT2D eigenvalue weighted by molar-refractivity contribution is 0.557. The molecule has 0 aliphatic rings. The number of rotatable bonds is 4. The fourth-order valence-corrected chi connectivity index (χ4v) is 2.68. The van der Waals surface area contributed by atoms with Crippen LogP contribution in [0.1, 0.15) is 29.7 Å². The van der Waals surface area contributed by atoms with Crippen molar-refractivity contribution in [1.29, 1.82) is 0 Å². The molecule has 112 valence electrons. The highest BCUT2D eigenvalue weighted by atomic mass is 35.5. The topological polar surface area (TPSA) is 12.0 Å². The Bertz CT molecular complexity index is 659. The molecule has 0 heterocycles. The highest BCUT2D eigenvalue weighted by molar-refractivity contribution is 6.31. The molecule has 0 radical (unpaired) electrons. The minimum atomic E-state index is -0.497. The lowest BCUT2D eigenvalue weighted by Gasteiger charge is -2.21. The highest BCUT2D eigenvalue weighted by Crippen LogP contribution is 2.33. The first-order chi connectivity index (χ1) is 9.95. The minimum absolute atomic E-state index is 0.0466. The molecule has 0 saturated heterocycles. The van der Waals surface area contributed by atoms with E-state index in [-0.39, 0.29) is 15.9 Å². The van der Waals surface area contributed by atoms with Crippen LogP contribution < -0.4 is 5.32 Å². The maximum absolute atomic E-state index is 14.3. The molecule has 0 saturated carbocycles. The molecule has 1 unspecified atom stereocenters. The van der Waals surface area contributed by atoms with Gasteiger partial charge in [-0.3, -0.25) is 0 Å². The first-order valence-corrected chi connectivity index (χ1v) is 7.34. The molecule has 2 aromatic rings. The summed E-state index contributed by atoms with van der Waals surface area (Å²) in [6, 6.07) is 7.20. The van der Waals surface area contributed by atoms with Crippen molar-refractivity contribution in [3.8, 4) is 0 Å². The van der Waals surface area contributed by atoms with Gasteiger partial charge in [0, 0.05) is 10.6 Å². The van der Waals surface area contributed by atoms with Crippen LogP contribution in [0.5, 0.6) is 0 Å². The third-order valence-corrected chi connectivity index (χ3v) is 3.91. The molecule has 0 spiro atoms. The van der Waals surface area contributed by atoms with Crippen LogP contribution in [-0.2, 0) is 0 Å². The molecular formula is C16H15Cl2F2N. The number of hydrogen-bond acceptors (Lipinski definition) is 1. The fraction of sp³-hybridized carbons (Fsp3) is 0.250. The number of aryl methyl sites for hydroxylation is 1. The van der Waals surface area contributed by atoms with Crippen LogP contribution in [0.25, 0.3) is 0 Å². The largest absolute Gasteiger partial charge is 0.306 e. The molecule has 0 bridgehead atoms. The average Bonchev–Trinajstić information content (AvgIpc) is 2.44. The van der Waals surface area contributed by atoms with Gasteiger partial charge in [0.05, 0.1) is 11.1 Å². The Kier molecular flexibility index (Phi) is 5.20. The van der Waals surface area contributed by atoms with E-state index in [1.54, 1.807) is 25.1 Å². The quantitative estimate of drug-likeness (QED) is 0.804. The SMILES string of the molecule is CCNC(c1cc(C)c(F)cc1Cl)c1cccc(Cl)c1F. The molecule has 0 aromatic heterocycles. The summed E-state index contributed by atoms with van der Waals surface area (Å²) in [6.45, 7) is 4.15. The van der Waals surface area contributed by atoms with E-state index in [1.165, 1.54) is 12.1 Å². The molecule has 0 aliphatic carbocycles. The van der Waals surface area contributed by atoms with E-state index in [0.717, 1.165) is 0 Å². The van der Waals surface area contributed by atoms with E-state index in [1.807, 2.05) is 6.92 Å². The van der Waals surface area contributed by atoms with Crippen molar-refractivity contribution >= 4 is 23.2 Å². The lowest BCUT2D eigenvalue weighted by Crippen LogP contribution is -2.23. The zero-order chi connectivity index (χ0) is 15.6. The second-order valence-electron chi connectivity index (χ2n) is 4.76. The summed E-state index contributed by atoms with van der Waals surface area (Å²) in [5.74, 6) is -0.881. The number of nitrogens with one attached hydrogen (secondary N) is 1. The Morgan fingerprint density at radius 3 is 2.48 bits per heavy atom. The van der Waals surface area contributed by atoms with Gasteiger partial charge in [-0.15, -0.1) is 0 Å². The van der Waals surface area contributed by atoms with E-state index < -0.39 is 11.9 Å².